The van der Waals surface area contributed by atoms with E-state index in [1.54, 1.807) is 14.2 Å². The van der Waals surface area contributed by atoms with Gasteiger partial charge in [0.2, 0.25) is 0 Å². The molecule has 0 atom stereocenters. The number of nitrogens with zero attached hydrogens (tertiary/aromatic N) is 1. The molecule has 6 heteroatoms. The van der Waals surface area contributed by atoms with Gasteiger partial charge in [-0.1, -0.05) is 11.6 Å². The molecular formula is C19H18ClN3O2. The van der Waals surface area contributed by atoms with Crippen molar-refractivity contribution in [1.29, 1.82) is 0 Å². The molecule has 0 bridgehead atoms. The van der Waals surface area contributed by atoms with E-state index in [0.717, 1.165) is 58.1 Å². The van der Waals surface area contributed by atoms with E-state index in [9.17, 15) is 0 Å². The third kappa shape index (κ3) is 2.70. The first-order valence-electron chi connectivity index (χ1n) is 8.03. The van der Waals surface area contributed by atoms with E-state index in [-0.39, 0.29) is 0 Å². The van der Waals surface area contributed by atoms with Crippen molar-refractivity contribution in [3.05, 3.63) is 47.0 Å². The number of nitrogens with one attached hydrogen (secondary N) is 2. The first-order chi connectivity index (χ1) is 12.2. The lowest BCUT2D eigenvalue weighted by Gasteiger charge is -2.12. The molecule has 0 saturated heterocycles. The summed E-state index contributed by atoms with van der Waals surface area (Å²) < 4.78 is 10.9. The van der Waals surface area contributed by atoms with E-state index in [1.165, 1.54) is 0 Å². The second-order valence-electron chi connectivity index (χ2n) is 5.79. The number of hydrogen-bond donors (Lipinski definition) is 2. The maximum atomic E-state index is 6.24. The van der Waals surface area contributed by atoms with Crippen LogP contribution in [0, 0.1) is 0 Å². The summed E-state index contributed by atoms with van der Waals surface area (Å²) in [6.45, 7) is 1.60. The van der Waals surface area contributed by atoms with Crippen molar-refractivity contribution in [2.75, 3.05) is 27.3 Å². The number of hydrogen-bond acceptors (Lipinski definition) is 4. The monoisotopic (exact) mass is 355 g/mol. The molecule has 0 unspecified atom stereocenters. The minimum Gasteiger partial charge on any atom is -0.497 e. The van der Waals surface area contributed by atoms with Crippen LogP contribution in [0.25, 0.3) is 22.2 Å². The lowest BCUT2D eigenvalue weighted by atomic mass is 10.0. The Hall–Kier alpha value is -2.66. The fourth-order valence-electron chi connectivity index (χ4n) is 3.18. The highest BCUT2D eigenvalue weighted by Crippen LogP contribution is 2.38. The molecule has 0 amide bonds. The number of ether oxygens (including phenoxy) is 2. The number of benzene rings is 2. The van der Waals surface area contributed by atoms with Gasteiger partial charge in [0.1, 0.15) is 17.3 Å². The summed E-state index contributed by atoms with van der Waals surface area (Å²) in [5.41, 5.74) is 3.91. The van der Waals surface area contributed by atoms with E-state index < -0.39 is 0 Å². The lowest BCUT2D eigenvalue weighted by molar-refractivity contribution is 0.395. The van der Waals surface area contributed by atoms with Gasteiger partial charge >= 0.3 is 0 Å². The molecule has 4 rings (SSSR count). The number of halogens is 1. The Kier molecular flexibility index (Phi) is 4.01. The number of aliphatic imine (C=N–C) groups is 1. The van der Waals surface area contributed by atoms with Crippen LogP contribution in [0.5, 0.6) is 11.5 Å². The van der Waals surface area contributed by atoms with Gasteiger partial charge < -0.3 is 19.8 Å². The molecule has 0 radical (unpaired) electrons. The second kappa shape index (κ2) is 6.33. The van der Waals surface area contributed by atoms with Gasteiger partial charge in [-0.15, -0.1) is 0 Å². The van der Waals surface area contributed by atoms with Crippen LogP contribution in [0.3, 0.4) is 0 Å². The van der Waals surface area contributed by atoms with Crippen LogP contribution in [-0.4, -0.2) is 38.1 Å². The minimum atomic E-state index is 0.694. The first-order valence-corrected chi connectivity index (χ1v) is 8.41. The van der Waals surface area contributed by atoms with Crippen LogP contribution in [0.1, 0.15) is 5.56 Å². The summed E-state index contributed by atoms with van der Waals surface area (Å²) in [4.78, 5) is 8.11. The molecule has 2 aromatic carbocycles. The number of rotatable bonds is 4. The summed E-state index contributed by atoms with van der Waals surface area (Å²) in [5.74, 6) is 2.36. The molecule has 0 spiro atoms. The number of aromatic nitrogens is 1. The topological polar surface area (TPSA) is 58.6 Å². The van der Waals surface area contributed by atoms with Crippen LogP contribution < -0.4 is 14.8 Å². The molecule has 3 aromatic rings. The number of H-pyrrole nitrogens is 1. The molecule has 0 aliphatic carbocycles. The second-order valence-corrected chi connectivity index (χ2v) is 6.22. The van der Waals surface area contributed by atoms with E-state index in [4.69, 9.17) is 21.1 Å². The van der Waals surface area contributed by atoms with Gasteiger partial charge in [-0.05, 0) is 30.3 Å². The van der Waals surface area contributed by atoms with Gasteiger partial charge in [0.15, 0.2) is 0 Å². The maximum absolute atomic E-state index is 6.24. The molecule has 25 heavy (non-hydrogen) atoms. The summed E-state index contributed by atoms with van der Waals surface area (Å²) in [7, 11) is 3.30. The molecule has 128 valence electrons. The fraction of sp³-hybridized carbons (Fsp3) is 0.211. The Labute approximate surface area is 150 Å². The molecule has 5 nitrogen and oxygen atoms in total. The third-order valence-electron chi connectivity index (χ3n) is 4.35. The summed E-state index contributed by atoms with van der Waals surface area (Å²) >= 11 is 6.24. The average molecular weight is 356 g/mol. The standard InChI is InChI=1S/C19H18ClN3O2/c1-24-12-4-5-13(16(10-12)25-2)18-17(19-21-7-8-22-19)14-9-11(20)3-6-15(14)23-18/h3-6,9-10,23H,7-8H2,1-2H3,(H,21,22). The average Bonchev–Trinajstić information content (AvgIpc) is 3.27. The van der Waals surface area contributed by atoms with Crippen molar-refractivity contribution in [2.24, 2.45) is 4.99 Å². The Morgan fingerprint density at radius 1 is 1.08 bits per heavy atom. The first kappa shape index (κ1) is 15.8. The molecule has 0 saturated carbocycles. The van der Waals surface area contributed by atoms with Gasteiger partial charge in [-0.25, -0.2) is 0 Å². The van der Waals surface area contributed by atoms with Crippen LogP contribution >= 0.6 is 11.6 Å². The summed E-state index contributed by atoms with van der Waals surface area (Å²) in [5, 5.41) is 5.09. The zero-order valence-electron chi connectivity index (χ0n) is 14.0. The molecule has 2 heterocycles. The number of fused-ring (bicyclic) bond motifs is 1. The van der Waals surface area contributed by atoms with Gasteiger partial charge in [-0.3, -0.25) is 4.99 Å². The van der Waals surface area contributed by atoms with Crippen LogP contribution in [0.15, 0.2) is 41.4 Å². The largest absolute Gasteiger partial charge is 0.497 e. The molecular weight excluding hydrogens is 338 g/mol. The molecule has 0 fully saturated rings. The van der Waals surface area contributed by atoms with Crippen molar-refractivity contribution in [3.63, 3.8) is 0 Å². The Balaban J connectivity index is 2.00. The van der Waals surface area contributed by atoms with Crippen molar-refractivity contribution < 1.29 is 9.47 Å². The predicted octanol–water partition coefficient (Wildman–Crippen LogP) is 3.86. The summed E-state index contributed by atoms with van der Waals surface area (Å²) in [6.07, 6.45) is 0. The van der Waals surface area contributed by atoms with Crippen LogP contribution in [0.2, 0.25) is 5.02 Å². The zero-order valence-corrected chi connectivity index (χ0v) is 14.8. The normalized spacial score (nSPS) is 13.6. The van der Waals surface area contributed by atoms with E-state index in [0.29, 0.717) is 5.02 Å². The molecule has 1 aromatic heterocycles. The quantitative estimate of drug-likeness (QED) is 0.747. The smallest absolute Gasteiger partial charge is 0.131 e. The van der Waals surface area contributed by atoms with Gasteiger partial charge in [0.05, 0.1) is 32.0 Å². The molecule has 2 N–H and O–H groups in total. The van der Waals surface area contributed by atoms with Gasteiger partial charge in [0, 0.05) is 34.1 Å². The minimum absolute atomic E-state index is 0.694. The van der Waals surface area contributed by atoms with Crippen molar-refractivity contribution in [1.82, 2.24) is 10.3 Å². The Morgan fingerprint density at radius 3 is 2.68 bits per heavy atom. The van der Waals surface area contributed by atoms with Crippen molar-refractivity contribution in [3.8, 4) is 22.8 Å². The highest BCUT2D eigenvalue weighted by molar-refractivity contribution is 6.31. The number of amidine groups is 1. The lowest BCUT2D eigenvalue weighted by Crippen LogP contribution is -2.19. The van der Waals surface area contributed by atoms with Crippen LogP contribution in [-0.2, 0) is 0 Å². The Bertz CT molecular complexity index is 978. The number of methoxy groups -OCH3 is 2. The van der Waals surface area contributed by atoms with Gasteiger partial charge in [0.25, 0.3) is 0 Å². The highest BCUT2D eigenvalue weighted by atomic mass is 35.5. The summed E-state index contributed by atoms with van der Waals surface area (Å²) in [6, 6.07) is 11.6. The highest BCUT2D eigenvalue weighted by Gasteiger charge is 2.22. The maximum Gasteiger partial charge on any atom is 0.131 e. The van der Waals surface area contributed by atoms with E-state index >= 15 is 0 Å². The van der Waals surface area contributed by atoms with Crippen molar-refractivity contribution in [2.45, 2.75) is 0 Å². The van der Waals surface area contributed by atoms with E-state index in [1.807, 2.05) is 36.4 Å². The zero-order chi connectivity index (χ0) is 17.4. The number of aromatic amines is 1. The SMILES string of the molecule is COc1ccc(-c2[nH]c3ccc(Cl)cc3c2C2=NCCN2)c(OC)c1. The van der Waals surface area contributed by atoms with Gasteiger partial charge in [-0.2, -0.15) is 0 Å². The van der Waals surface area contributed by atoms with E-state index in [2.05, 4.69) is 15.3 Å². The third-order valence-corrected chi connectivity index (χ3v) is 4.58. The predicted molar refractivity (Wildman–Crippen MR) is 101 cm³/mol. The Morgan fingerprint density at radius 2 is 1.96 bits per heavy atom. The fourth-order valence-corrected chi connectivity index (χ4v) is 3.35. The van der Waals surface area contributed by atoms with Crippen molar-refractivity contribution >= 4 is 28.3 Å². The van der Waals surface area contributed by atoms with Crippen LogP contribution in [0.4, 0.5) is 0 Å². The molecule has 1 aliphatic heterocycles. The molecule has 1 aliphatic rings.